The molecule has 0 aliphatic carbocycles. The van der Waals surface area contributed by atoms with Gasteiger partial charge in [-0.25, -0.2) is 18.5 Å². The Hall–Kier alpha value is -3.14. The molecule has 0 radical (unpaired) electrons. The molecule has 7 nitrogen and oxygen atoms in total. The lowest BCUT2D eigenvalue weighted by atomic mass is 9.99. The summed E-state index contributed by atoms with van der Waals surface area (Å²) in [5.74, 6) is 0.0687. The molecule has 1 amide bonds. The van der Waals surface area contributed by atoms with Crippen LogP contribution in [0.15, 0.2) is 88.9 Å². The molecular weight excluding hydrogens is 456 g/mol. The summed E-state index contributed by atoms with van der Waals surface area (Å²) in [5, 5.41) is 8.98. The molecule has 3 N–H and O–H groups in total. The molecule has 3 aromatic carbocycles. The van der Waals surface area contributed by atoms with Crippen molar-refractivity contribution in [3.8, 4) is 0 Å². The van der Waals surface area contributed by atoms with Crippen molar-refractivity contribution in [3.05, 3.63) is 90.0 Å². The largest absolute Gasteiger partial charge is 0.348 e. The zero-order chi connectivity index (χ0) is 23.4. The second kappa shape index (κ2) is 9.78. The van der Waals surface area contributed by atoms with Crippen molar-refractivity contribution in [1.82, 2.24) is 14.9 Å². The summed E-state index contributed by atoms with van der Waals surface area (Å²) in [5.41, 5.74) is 3.45. The number of aryl methyl sites for hydroxylation is 1. The standard InChI is InChI=1S/C24H24N4O3S2/c1-28-22-13-12-19(33(25,30)31)15-21(22)27-24(28)32-16-23(29)26-20(18-10-6-3-7-11-18)14-17-8-4-2-5-9-17/h2-13,15,20H,14,16H2,1H3,(H,26,29)(H2,25,30,31). The van der Waals surface area contributed by atoms with E-state index >= 15 is 0 Å². The third-order valence-electron chi connectivity index (χ3n) is 5.29. The Morgan fingerprint density at radius 1 is 1.06 bits per heavy atom. The van der Waals surface area contributed by atoms with Gasteiger partial charge in [-0.1, -0.05) is 72.4 Å². The van der Waals surface area contributed by atoms with Crippen LogP contribution < -0.4 is 10.5 Å². The number of primary sulfonamides is 1. The van der Waals surface area contributed by atoms with E-state index in [4.69, 9.17) is 5.14 Å². The highest BCUT2D eigenvalue weighted by atomic mass is 32.2. The molecule has 1 atom stereocenters. The molecule has 0 bridgehead atoms. The zero-order valence-corrected chi connectivity index (χ0v) is 19.6. The van der Waals surface area contributed by atoms with Crippen molar-refractivity contribution in [1.29, 1.82) is 0 Å². The lowest BCUT2D eigenvalue weighted by Crippen LogP contribution is -2.31. The zero-order valence-electron chi connectivity index (χ0n) is 18.0. The van der Waals surface area contributed by atoms with Gasteiger partial charge in [-0.15, -0.1) is 0 Å². The minimum absolute atomic E-state index is 0.00834. The number of hydrogen-bond donors (Lipinski definition) is 2. The van der Waals surface area contributed by atoms with E-state index in [1.165, 1.54) is 23.9 Å². The lowest BCUT2D eigenvalue weighted by molar-refractivity contribution is -0.119. The van der Waals surface area contributed by atoms with Gasteiger partial charge in [0.15, 0.2) is 5.16 Å². The van der Waals surface area contributed by atoms with Crippen LogP contribution in [-0.2, 0) is 28.3 Å². The van der Waals surface area contributed by atoms with E-state index in [1.807, 2.05) is 72.3 Å². The van der Waals surface area contributed by atoms with Crippen LogP contribution in [0.3, 0.4) is 0 Å². The Kier molecular flexibility index (Phi) is 6.83. The number of rotatable bonds is 8. The van der Waals surface area contributed by atoms with E-state index in [9.17, 15) is 13.2 Å². The molecule has 4 aromatic rings. The quantitative estimate of drug-likeness (QED) is 0.376. The number of fused-ring (bicyclic) bond motifs is 1. The number of thioether (sulfide) groups is 1. The van der Waals surface area contributed by atoms with Crippen molar-refractivity contribution in [2.45, 2.75) is 22.5 Å². The molecule has 1 heterocycles. The Bertz CT molecular complexity index is 1370. The number of aromatic nitrogens is 2. The van der Waals surface area contributed by atoms with Crippen LogP contribution in [0, 0.1) is 0 Å². The third kappa shape index (κ3) is 5.62. The average molecular weight is 481 g/mol. The number of sulfonamides is 1. The van der Waals surface area contributed by atoms with E-state index in [0.29, 0.717) is 17.1 Å². The number of carbonyl (C=O) groups excluding carboxylic acids is 1. The third-order valence-corrected chi connectivity index (χ3v) is 7.23. The summed E-state index contributed by atoms with van der Waals surface area (Å²) >= 11 is 1.30. The normalized spacial score (nSPS) is 12.5. The van der Waals surface area contributed by atoms with Gasteiger partial charge >= 0.3 is 0 Å². The summed E-state index contributed by atoms with van der Waals surface area (Å²) in [6.07, 6.45) is 0.684. The van der Waals surface area contributed by atoms with E-state index in [2.05, 4.69) is 10.3 Å². The van der Waals surface area contributed by atoms with Gasteiger partial charge in [0.2, 0.25) is 15.9 Å². The van der Waals surface area contributed by atoms with Crippen LogP contribution in [0.25, 0.3) is 11.0 Å². The number of benzene rings is 3. The maximum absolute atomic E-state index is 12.8. The first-order chi connectivity index (χ1) is 15.8. The van der Waals surface area contributed by atoms with E-state index in [-0.39, 0.29) is 22.6 Å². The molecule has 0 aliphatic rings. The predicted octanol–water partition coefficient (Wildman–Crippen LogP) is 3.41. The molecular formula is C24H24N4O3S2. The van der Waals surface area contributed by atoms with Gasteiger partial charge < -0.3 is 9.88 Å². The Balaban J connectivity index is 1.48. The number of nitrogens with zero attached hydrogens (tertiary/aromatic N) is 2. The van der Waals surface area contributed by atoms with Crippen LogP contribution in [0.2, 0.25) is 0 Å². The molecule has 33 heavy (non-hydrogen) atoms. The van der Waals surface area contributed by atoms with Crippen molar-refractivity contribution < 1.29 is 13.2 Å². The summed E-state index contributed by atoms with van der Waals surface area (Å²) in [7, 11) is -1.98. The summed E-state index contributed by atoms with van der Waals surface area (Å²) in [6, 6.07) is 24.3. The molecule has 0 fully saturated rings. The van der Waals surface area contributed by atoms with Gasteiger partial charge in [-0.3, -0.25) is 4.79 Å². The number of nitrogens with one attached hydrogen (secondary N) is 1. The van der Waals surface area contributed by atoms with Crippen LogP contribution >= 0.6 is 11.8 Å². The first-order valence-corrected chi connectivity index (χ1v) is 12.8. The van der Waals surface area contributed by atoms with Gasteiger partial charge in [-0.05, 0) is 35.7 Å². The number of hydrogen-bond acceptors (Lipinski definition) is 5. The Morgan fingerprint density at radius 3 is 2.39 bits per heavy atom. The molecule has 1 unspecified atom stereocenters. The van der Waals surface area contributed by atoms with E-state index in [1.54, 1.807) is 6.07 Å². The summed E-state index contributed by atoms with van der Waals surface area (Å²) in [4.78, 5) is 17.3. The highest BCUT2D eigenvalue weighted by Gasteiger charge is 2.18. The van der Waals surface area contributed by atoms with E-state index in [0.717, 1.165) is 16.6 Å². The monoisotopic (exact) mass is 480 g/mol. The van der Waals surface area contributed by atoms with Crippen LogP contribution in [0.5, 0.6) is 0 Å². The Labute approximate surface area is 197 Å². The maximum atomic E-state index is 12.8. The highest BCUT2D eigenvalue weighted by molar-refractivity contribution is 7.99. The minimum atomic E-state index is -3.81. The fraction of sp³-hybridized carbons (Fsp3) is 0.167. The smallest absolute Gasteiger partial charge is 0.238 e. The van der Waals surface area contributed by atoms with Gasteiger partial charge in [0, 0.05) is 7.05 Å². The molecule has 170 valence electrons. The molecule has 0 spiro atoms. The topological polar surface area (TPSA) is 107 Å². The number of nitrogens with two attached hydrogens (primary N) is 1. The molecule has 0 aliphatic heterocycles. The summed E-state index contributed by atoms with van der Waals surface area (Å²) in [6.45, 7) is 0. The van der Waals surface area contributed by atoms with Gasteiger partial charge in [0.05, 0.1) is 27.7 Å². The maximum Gasteiger partial charge on any atom is 0.238 e. The summed E-state index contributed by atoms with van der Waals surface area (Å²) < 4.78 is 25.1. The highest BCUT2D eigenvalue weighted by Crippen LogP contribution is 2.25. The van der Waals surface area contributed by atoms with Gasteiger partial charge in [0.25, 0.3) is 0 Å². The fourth-order valence-corrected chi connectivity index (χ4v) is 4.95. The predicted molar refractivity (Wildman–Crippen MR) is 130 cm³/mol. The van der Waals surface area contributed by atoms with Gasteiger partial charge in [0.1, 0.15) is 0 Å². The molecule has 0 saturated heterocycles. The second-order valence-electron chi connectivity index (χ2n) is 7.66. The second-order valence-corrected chi connectivity index (χ2v) is 10.2. The van der Waals surface area contributed by atoms with Crippen molar-refractivity contribution in [2.75, 3.05) is 5.75 Å². The van der Waals surface area contributed by atoms with Gasteiger partial charge in [-0.2, -0.15) is 0 Å². The number of imidazole rings is 1. The van der Waals surface area contributed by atoms with Crippen LogP contribution in [-0.4, -0.2) is 29.6 Å². The molecule has 1 aromatic heterocycles. The van der Waals surface area contributed by atoms with Crippen LogP contribution in [0.4, 0.5) is 0 Å². The molecule has 4 rings (SSSR count). The SMILES string of the molecule is Cn1c(SCC(=O)NC(Cc2ccccc2)c2ccccc2)nc2cc(S(N)(=O)=O)ccc21. The average Bonchev–Trinajstić information content (AvgIpc) is 3.13. The lowest BCUT2D eigenvalue weighted by Gasteiger charge is -2.19. The minimum Gasteiger partial charge on any atom is -0.348 e. The van der Waals surface area contributed by atoms with Crippen molar-refractivity contribution in [3.63, 3.8) is 0 Å². The van der Waals surface area contributed by atoms with Crippen LogP contribution in [0.1, 0.15) is 17.2 Å². The first kappa shape index (κ1) is 23.0. The first-order valence-electron chi connectivity index (χ1n) is 10.3. The molecule has 9 heteroatoms. The Morgan fingerprint density at radius 2 is 1.73 bits per heavy atom. The van der Waals surface area contributed by atoms with E-state index < -0.39 is 10.0 Å². The fourth-order valence-electron chi connectivity index (χ4n) is 3.62. The number of carbonyl (C=O) groups is 1. The van der Waals surface area contributed by atoms with Crippen molar-refractivity contribution >= 4 is 38.7 Å². The van der Waals surface area contributed by atoms with Crippen molar-refractivity contribution in [2.24, 2.45) is 12.2 Å². The molecule has 0 saturated carbocycles. The number of amides is 1.